The van der Waals surface area contributed by atoms with Gasteiger partial charge in [-0.3, -0.25) is 4.79 Å². The molecule has 0 radical (unpaired) electrons. The quantitative estimate of drug-likeness (QED) is 0.419. The predicted molar refractivity (Wildman–Crippen MR) is 136 cm³/mol. The van der Waals surface area contributed by atoms with Crippen molar-refractivity contribution < 1.29 is 13.2 Å². The number of amides is 1. The smallest absolute Gasteiger partial charge is 0.256 e. The van der Waals surface area contributed by atoms with Gasteiger partial charge in [0.1, 0.15) is 12.1 Å². The van der Waals surface area contributed by atoms with Crippen molar-refractivity contribution in [2.75, 3.05) is 31.5 Å². The lowest BCUT2D eigenvalue weighted by Crippen LogP contribution is -2.33. The van der Waals surface area contributed by atoms with Gasteiger partial charge in [-0.2, -0.15) is 0 Å². The lowest BCUT2D eigenvalue weighted by Gasteiger charge is -2.26. The van der Waals surface area contributed by atoms with E-state index in [-0.39, 0.29) is 10.8 Å². The standard InChI is InChI=1S/C26H31N5O3S/c32-26(30-25-11-13-27-20-28-25)23-9-4-7-21(18-23)17-22-8-5-10-24(19-22)35(33,34)29-12-6-16-31-14-2-1-3-15-31/h4-5,7-11,13,18-20,29H,1-3,6,12,14-17H2,(H,27,28,30,32). The summed E-state index contributed by atoms with van der Waals surface area (Å²) in [5, 5.41) is 2.74. The Morgan fingerprint density at radius 3 is 2.51 bits per heavy atom. The Kier molecular flexibility index (Phi) is 8.57. The van der Waals surface area contributed by atoms with Gasteiger partial charge in [-0.1, -0.05) is 30.7 Å². The molecule has 1 saturated heterocycles. The largest absolute Gasteiger partial charge is 0.306 e. The van der Waals surface area contributed by atoms with Crippen LogP contribution in [0.5, 0.6) is 0 Å². The van der Waals surface area contributed by atoms with Crippen LogP contribution in [-0.4, -0.2) is 55.4 Å². The van der Waals surface area contributed by atoms with Crippen LogP contribution in [-0.2, 0) is 16.4 Å². The number of hydrogen-bond donors (Lipinski definition) is 2. The molecular weight excluding hydrogens is 462 g/mol. The average molecular weight is 494 g/mol. The summed E-state index contributed by atoms with van der Waals surface area (Å²) in [6, 6.07) is 15.8. The molecule has 9 heteroatoms. The van der Waals surface area contributed by atoms with Crippen molar-refractivity contribution in [3.05, 3.63) is 83.8 Å². The minimum absolute atomic E-state index is 0.255. The Morgan fingerprint density at radius 1 is 0.971 bits per heavy atom. The normalized spacial score (nSPS) is 14.5. The summed E-state index contributed by atoms with van der Waals surface area (Å²) in [4.78, 5) is 23.1. The van der Waals surface area contributed by atoms with Crippen LogP contribution < -0.4 is 10.0 Å². The molecule has 1 fully saturated rings. The van der Waals surface area contributed by atoms with Gasteiger partial charge in [-0.25, -0.2) is 23.1 Å². The Morgan fingerprint density at radius 2 is 1.74 bits per heavy atom. The van der Waals surface area contributed by atoms with Crippen LogP contribution in [0.4, 0.5) is 5.82 Å². The van der Waals surface area contributed by atoms with Crippen molar-refractivity contribution in [1.29, 1.82) is 0 Å². The van der Waals surface area contributed by atoms with E-state index in [9.17, 15) is 13.2 Å². The highest BCUT2D eigenvalue weighted by atomic mass is 32.2. The van der Waals surface area contributed by atoms with Crippen molar-refractivity contribution >= 4 is 21.7 Å². The minimum Gasteiger partial charge on any atom is -0.306 e. The number of sulfonamides is 1. The fraction of sp³-hybridized carbons (Fsp3) is 0.346. The number of carbonyl (C=O) groups excluding carboxylic acids is 1. The zero-order valence-electron chi connectivity index (χ0n) is 19.7. The van der Waals surface area contributed by atoms with Crippen LogP contribution in [0.3, 0.4) is 0 Å². The van der Waals surface area contributed by atoms with E-state index in [1.807, 2.05) is 18.2 Å². The molecule has 2 aromatic carbocycles. The van der Waals surface area contributed by atoms with Crippen LogP contribution >= 0.6 is 0 Å². The predicted octanol–water partition coefficient (Wildman–Crippen LogP) is 3.47. The molecule has 0 bridgehead atoms. The number of carbonyl (C=O) groups is 1. The number of rotatable bonds is 10. The zero-order chi connectivity index (χ0) is 24.5. The molecule has 0 unspecified atom stereocenters. The number of nitrogens with one attached hydrogen (secondary N) is 2. The highest BCUT2D eigenvalue weighted by Gasteiger charge is 2.15. The van der Waals surface area contributed by atoms with Crippen molar-refractivity contribution in [3.8, 4) is 0 Å². The topological polar surface area (TPSA) is 104 Å². The van der Waals surface area contributed by atoms with Gasteiger partial charge in [0, 0.05) is 18.3 Å². The molecule has 1 aliphatic heterocycles. The lowest BCUT2D eigenvalue weighted by molar-refractivity contribution is 0.102. The number of nitrogens with zero attached hydrogens (tertiary/aromatic N) is 3. The van der Waals surface area contributed by atoms with E-state index in [1.165, 1.54) is 25.6 Å². The molecule has 1 aromatic heterocycles. The molecule has 1 aliphatic rings. The zero-order valence-corrected chi connectivity index (χ0v) is 20.5. The second-order valence-electron chi connectivity index (χ2n) is 8.73. The van der Waals surface area contributed by atoms with Crippen molar-refractivity contribution in [2.24, 2.45) is 0 Å². The number of piperidine rings is 1. The van der Waals surface area contributed by atoms with E-state index >= 15 is 0 Å². The molecule has 0 spiro atoms. The molecule has 8 nitrogen and oxygen atoms in total. The maximum Gasteiger partial charge on any atom is 0.256 e. The van der Waals surface area contributed by atoms with E-state index < -0.39 is 10.0 Å². The summed E-state index contributed by atoms with van der Waals surface area (Å²) in [5.74, 6) is 0.160. The van der Waals surface area contributed by atoms with Crippen LogP contribution in [0.2, 0.25) is 0 Å². The summed E-state index contributed by atoms with van der Waals surface area (Å²) < 4.78 is 28.4. The molecule has 0 aliphatic carbocycles. The first kappa shape index (κ1) is 25.0. The molecule has 3 aromatic rings. The Hall–Kier alpha value is -3.14. The third-order valence-corrected chi connectivity index (χ3v) is 7.48. The number of benzene rings is 2. The molecule has 2 N–H and O–H groups in total. The average Bonchev–Trinajstić information content (AvgIpc) is 2.88. The maximum atomic E-state index is 12.8. The molecule has 35 heavy (non-hydrogen) atoms. The molecule has 184 valence electrons. The highest BCUT2D eigenvalue weighted by molar-refractivity contribution is 7.89. The molecular formula is C26H31N5O3S. The summed E-state index contributed by atoms with van der Waals surface area (Å²) in [5.41, 5.74) is 2.26. The fourth-order valence-corrected chi connectivity index (χ4v) is 5.35. The van der Waals surface area contributed by atoms with Crippen molar-refractivity contribution in [2.45, 2.75) is 37.0 Å². The second-order valence-corrected chi connectivity index (χ2v) is 10.5. The van der Waals surface area contributed by atoms with Gasteiger partial charge in [0.25, 0.3) is 5.91 Å². The van der Waals surface area contributed by atoms with Gasteiger partial charge in [-0.15, -0.1) is 0 Å². The summed E-state index contributed by atoms with van der Waals surface area (Å²) in [6.07, 6.45) is 7.98. The first-order valence-electron chi connectivity index (χ1n) is 12.0. The molecule has 0 atom stereocenters. The summed E-state index contributed by atoms with van der Waals surface area (Å²) >= 11 is 0. The van der Waals surface area contributed by atoms with Gasteiger partial charge in [-0.05, 0) is 86.8 Å². The van der Waals surface area contributed by atoms with Crippen molar-refractivity contribution in [1.82, 2.24) is 19.6 Å². The van der Waals surface area contributed by atoms with Gasteiger partial charge >= 0.3 is 0 Å². The van der Waals surface area contributed by atoms with E-state index in [1.54, 1.807) is 42.6 Å². The van der Waals surface area contributed by atoms with Crippen LogP contribution in [0.25, 0.3) is 0 Å². The monoisotopic (exact) mass is 493 g/mol. The number of hydrogen-bond acceptors (Lipinski definition) is 6. The van der Waals surface area contributed by atoms with E-state index in [4.69, 9.17) is 0 Å². The first-order valence-corrected chi connectivity index (χ1v) is 13.5. The number of likely N-dealkylation sites (tertiary alicyclic amines) is 1. The van der Waals surface area contributed by atoms with Crippen LogP contribution in [0.15, 0.2) is 72.0 Å². The van der Waals surface area contributed by atoms with Gasteiger partial charge in [0.15, 0.2) is 0 Å². The van der Waals surface area contributed by atoms with Crippen molar-refractivity contribution in [3.63, 3.8) is 0 Å². The van der Waals surface area contributed by atoms with Gasteiger partial charge < -0.3 is 10.2 Å². The SMILES string of the molecule is O=C(Nc1ccncn1)c1cccc(Cc2cccc(S(=O)(=O)NCCCN3CCCCC3)c2)c1. The molecule has 2 heterocycles. The Bertz CT molecular complexity index is 1230. The fourth-order valence-electron chi connectivity index (χ4n) is 4.21. The molecule has 1 amide bonds. The van der Waals surface area contributed by atoms with Gasteiger partial charge in [0.2, 0.25) is 10.0 Å². The first-order chi connectivity index (χ1) is 17.0. The highest BCUT2D eigenvalue weighted by Crippen LogP contribution is 2.17. The summed E-state index contributed by atoms with van der Waals surface area (Å²) in [7, 11) is -3.58. The van der Waals surface area contributed by atoms with Crippen LogP contribution in [0.1, 0.15) is 47.2 Å². The Balaban J connectivity index is 1.35. The van der Waals surface area contributed by atoms with E-state index in [2.05, 4.69) is 24.9 Å². The van der Waals surface area contributed by atoms with Crippen LogP contribution in [0, 0.1) is 0 Å². The van der Waals surface area contributed by atoms with E-state index in [0.29, 0.717) is 24.3 Å². The number of aromatic nitrogens is 2. The summed E-state index contributed by atoms with van der Waals surface area (Å²) in [6.45, 7) is 3.56. The van der Waals surface area contributed by atoms with Gasteiger partial charge in [0.05, 0.1) is 4.90 Å². The maximum absolute atomic E-state index is 12.8. The molecule has 4 rings (SSSR count). The third-order valence-electron chi connectivity index (χ3n) is 6.02. The lowest BCUT2D eigenvalue weighted by atomic mass is 10.0. The third kappa shape index (κ3) is 7.42. The minimum atomic E-state index is -3.58. The van der Waals surface area contributed by atoms with E-state index in [0.717, 1.165) is 37.2 Å². The Labute approximate surface area is 206 Å². The molecule has 0 saturated carbocycles. The number of anilines is 1. The second kappa shape index (κ2) is 12.0.